The number of hydrogen-bond acceptors (Lipinski definition) is 8. The molecular formula is C80H143NO8. The molecule has 0 saturated carbocycles. The molecule has 516 valence electrons. The number of esters is 2. The number of quaternary nitrogens is 1. The lowest BCUT2D eigenvalue weighted by Gasteiger charge is -2.26. The SMILES string of the molecule is CC/C=C\C/C=C\C/C=C\C/C=C\C/C=C\CCCCCCCCCCCCCCCCCCCC(=O)OC(COC(=O)CCCCCCCCCCCCCCCCCCCCC/C=C\C/C=C\CCCCCCC)COC(OCC[N+](C)(C)C)C(=O)[O-]. The molecule has 2 atom stereocenters. The van der Waals surface area contributed by atoms with E-state index < -0.39 is 24.3 Å². The first-order chi connectivity index (χ1) is 43.6. The second-order valence-corrected chi connectivity index (χ2v) is 26.6. The zero-order valence-electron chi connectivity index (χ0n) is 59.0. The largest absolute Gasteiger partial charge is 0.545 e. The van der Waals surface area contributed by atoms with Gasteiger partial charge in [0.2, 0.25) is 0 Å². The summed E-state index contributed by atoms with van der Waals surface area (Å²) in [5.41, 5.74) is 0. The molecule has 0 aliphatic rings. The fourth-order valence-electron chi connectivity index (χ4n) is 10.9. The molecule has 0 spiro atoms. The second kappa shape index (κ2) is 70.3. The molecule has 0 aliphatic heterocycles. The molecular weight excluding hydrogens is 1100 g/mol. The minimum absolute atomic E-state index is 0.148. The first kappa shape index (κ1) is 85.5. The summed E-state index contributed by atoms with van der Waals surface area (Å²) in [5, 5.41) is 11.8. The topological polar surface area (TPSA) is 111 Å². The van der Waals surface area contributed by atoms with Gasteiger partial charge in [-0.3, -0.25) is 9.59 Å². The van der Waals surface area contributed by atoms with Crippen molar-refractivity contribution in [1.29, 1.82) is 0 Å². The average Bonchev–Trinajstić information content (AvgIpc) is 3.64. The van der Waals surface area contributed by atoms with E-state index in [-0.39, 0.29) is 32.2 Å². The Hall–Kier alpha value is -3.53. The van der Waals surface area contributed by atoms with Crippen LogP contribution >= 0.6 is 0 Å². The van der Waals surface area contributed by atoms with Gasteiger partial charge >= 0.3 is 11.9 Å². The van der Waals surface area contributed by atoms with Gasteiger partial charge in [0.15, 0.2) is 12.4 Å². The van der Waals surface area contributed by atoms with Crippen molar-refractivity contribution in [3.8, 4) is 0 Å². The summed E-state index contributed by atoms with van der Waals surface area (Å²) in [7, 11) is 5.94. The summed E-state index contributed by atoms with van der Waals surface area (Å²) in [6.07, 6.45) is 92.5. The number of hydrogen-bond donors (Lipinski definition) is 0. The number of rotatable bonds is 70. The van der Waals surface area contributed by atoms with Gasteiger partial charge in [-0.15, -0.1) is 0 Å². The Bertz CT molecular complexity index is 1740. The van der Waals surface area contributed by atoms with Gasteiger partial charge < -0.3 is 33.3 Å². The van der Waals surface area contributed by atoms with Gasteiger partial charge in [-0.2, -0.15) is 0 Å². The van der Waals surface area contributed by atoms with Crippen LogP contribution in [0.5, 0.6) is 0 Å². The van der Waals surface area contributed by atoms with Gasteiger partial charge in [0.1, 0.15) is 13.2 Å². The highest BCUT2D eigenvalue weighted by Crippen LogP contribution is 2.18. The van der Waals surface area contributed by atoms with Gasteiger partial charge in [-0.05, 0) is 89.9 Å². The number of nitrogens with zero attached hydrogens (tertiary/aromatic N) is 1. The monoisotopic (exact) mass is 1250 g/mol. The zero-order valence-corrected chi connectivity index (χ0v) is 59.0. The van der Waals surface area contributed by atoms with E-state index in [0.717, 1.165) is 70.6 Å². The highest BCUT2D eigenvalue weighted by molar-refractivity contribution is 5.70. The predicted octanol–water partition coefficient (Wildman–Crippen LogP) is 22.5. The van der Waals surface area contributed by atoms with Crippen molar-refractivity contribution in [3.05, 3.63) is 85.1 Å². The van der Waals surface area contributed by atoms with Crippen LogP contribution in [0.3, 0.4) is 0 Å². The van der Waals surface area contributed by atoms with E-state index in [4.69, 9.17) is 18.9 Å². The molecule has 0 amide bonds. The highest BCUT2D eigenvalue weighted by Gasteiger charge is 2.22. The molecule has 0 radical (unpaired) electrons. The molecule has 0 aromatic carbocycles. The molecule has 0 aromatic rings. The molecule has 0 aromatic heterocycles. The maximum atomic E-state index is 13.0. The molecule has 0 rings (SSSR count). The lowest BCUT2D eigenvalue weighted by Crippen LogP contribution is -2.44. The summed E-state index contributed by atoms with van der Waals surface area (Å²) >= 11 is 0. The van der Waals surface area contributed by atoms with E-state index in [9.17, 15) is 19.5 Å². The van der Waals surface area contributed by atoms with Crippen LogP contribution in [0.25, 0.3) is 0 Å². The zero-order chi connectivity index (χ0) is 64.7. The number of carbonyl (C=O) groups excluding carboxylic acids is 3. The first-order valence-electron chi connectivity index (χ1n) is 37.7. The molecule has 89 heavy (non-hydrogen) atoms. The van der Waals surface area contributed by atoms with E-state index in [1.54, 1.807) is 0 Å². The summed E-state index contributed by atoms with van der Waals surface area (Å²) in [6.45, 7) is 4.67. The number of allylic oxidation sites excluding steroid dienone is 14. The lowest BCUT2D eigenvalue weighted by atomic mass is 10.0. The van der Waals surface area contributed by atoms with E-state index in [2.05, 4.69) is 98.9 Å². The van der Waals surface area contributed by atoms with E-state index in [1.165, 1.54) is 244 Å². The fraction of sp³-hybridized carbons (Fsp3) is 0.787. The maximum absolute atomic E-state index is 13.0. The molecule has 9 nitrogen and oxygen atoms in total. The Labute approximate surface area is 550 Å². The standard InChI is InChI=1S/C80H143NO8/c1-6-8-10-12-14-16-18-20-22-24-26-28-30-32-34-36-38-39-41-43-45-47-49-51-53-55-57-59-61-63-65-67-69-71-78(83)89-76(75-88-80(79(84)85)86-73-72-81(3,4)5)74-87-77(82)70-68-66-64-62-60-58-56-54-52-50-48-46-44-42-40-37-35-33-31-29-27-25-23-21-19-17-15-13-11-9-7-2/h8,10,14,16,19-22,25-28,32,34,76,80H,6-7,9,11-13,15,17-18,23-24,29-31,33,35-75H2,1-5H3/b10-8-,16-14-,21-19-,22-20-,27-25-,28-26-,34-32-. The third-order valence-electron chi connectivity index (χ3n) is 16.6. The number of carboxylic acids is 1. The molecule has 0 N–H and O–H groups in total. The van der Waals surface area contributed by atoms with Crippen LogP contribution in [0.15, 0.2) is 85.1 Å². The van der Waals surface area contributed by atoms with E-state index in [1.807, 2.05) is 21.1 Å². The third-order valence-corrected chi connectivity index (χ3v) is 16.6. The smallest absolute Gasteiger partial charge is 0.306 e. The number of unbranched alkanes of at least 4 members (excludes halogenated alkanes) is 41. The Morgan fingerprint density at radius 1 is 0.348 bits per heavy atom. The number of likely N-dealkylation sites (N-methyl/N-ethyl adjacent to an activating group) is 1. The van der Waals surface area contributed by atoms with Crippen LogP contribution in [0.4, 0.5) is 0 Å². The Balaban J connectivity index is 4.04. The van der Waals surface area contributed by atoms with Crippen molar-refractivity contribution < 1.29 is 42.9 Å². The average molecular weight is 1250 g/mol. The van der Waals surface area contributed by atoms with Gasteiger partial charge in [-0.25, -0.2) is 0 Å². The molecule has 0 bridgehead atoms. The normalized spacial score (nSPS) is 13.1. The van der Waals surface area contributed by atoms with Crippen LogP contribution < -0.4 is 5.11 Å². The second-order valence-electron chi connectivity index (χ2n) is 26.6. The predicted molar refractivity (Wildman–Crippen MR) is 380 cm³/mol. The summed E-state index contributed by atoms with van der Waals surface area (Å²) in [5.74, 6) is -2.26. The maximum Gasteiger partial charge on any atom is 0.306 e. The Kier molecular flexibility index (Phi) is 67.6. The summed E-state index contributed by atoms with van der Waals surface area (Å²) < 4.78 is 22.9. The van der Waals surface area contributed by atoms with Crippen LogP contribution in [0.2, 0.25) is 0 Å². The van der Waals surface area contributed by atoms with Crippen LogP contribution in [-0.4, -0.2) is 82.3 Å². The Morgan fingerprint density at radius 2 is 0.640 bits per heavy atom. The number of ether oxygens (including phenoxy) is 4. The number of aliphatic carboxylic acids is 1. The van der Waals surface area contributed by atoms with Gasteiger partial charge in [-0.1, -0.05) is 330 Å². The van der Waals surface area contributed by atoms with Crippen molar-refractivity contribution >= 4 is 17.9 Å². The van der Waals surface area contributed by atoms with Gasteiger partial charge in [0.25, 0.3) is 0 Å². The number of carbonyl (C=O) groups is 3. The minimum Gasteiger partial charge on any atom is -0.545 e. The van der Waals surface area contributed by atoms with Gasteiger partial charge in [0.05, 0.1) is 40.3 Å². The molecule has 9 heteroatoms. The quantitative estimate of drug-likeness (QED) is 0.0195. The fourth-order valence-corrected chi connectivity index (χ4v) is 10.9. The van der Waals surface area contributed by atoms with Crippen molar-refractivity contribution in [1.82, 2.24) is 0 Å². The van der Waals surface area contributed by atoms with E-state index >= 15 is 0 Å². The van der Waals surface area contributed by atoms with Crippen LogP contribution in [-0.2, 0) is 33.3 Å². The molecule has 0 heterocycles. The molecule has 0 saturated heterocycles. The highest BCUT2D eigenvalue weighted by atomic mass is 16.7. The van der Waals surface area contributed by atoms with Crippen molar-refractivity contribution in [2.24, 2.45) is 0 Å². The Morgan fingerprint density at radius 3 is 0.955 bits per heavy atom. The van der Waals surface area contributed by atoms with Crippen molar-refractivity contribution in [3.63, 3.8) is 0 Å². The van der Waals surface area contributed by atoms with Crippen LogP contribution in [0.1, 0.15) is 348 Å². The lowest BCUT2D eigenvalue weighted by molar-refractivity contribution is -0.870. The van der Waals surface area contributed by atoms with Crippen LogP contribution in [0, 0.1) is 0 Å². The first-order valence-corrected chi connectivity index (χ1v) is 37.7. The van der Waals surface area contributed by atoms with Crippen molar-refractivity contribution in [2.75, 3.05) is 47.5 Å². The molecule has 0 fully saturated rings. The molecule has 0 aliphatic carbocycles. The minimum atomic E-state index is -1.62. The van der Waals surface area contributed by atoms with Crippen molar-refractivity contribution in [2.45, 2.75) is 360 Å². The van der Waals surface area contributed by atoms with E-state index in [0.29, 0.717) is 23.9 Å². The summed E-state index contributed by atoms with van der Waals surface area (Å²) in [4.78, 5) is 37.6. The number of carboxylic acid groups (broad SMARTS) is 1. The third kappa shape index (κ3) is 71.8. The summed E-state index contributed by atoms with van der Waals surface area (Å²) in [6, 6.07) is 0. The van der Waals surface area contributed by atoms with Gasteiger partial charge in [0, 0.05) is 12.8 Å². The molecule has 2 unspecified atom stereocenters.